The predicted molar refractivity (Wildman–Crippen MR) is 133 cm³/mol. The lowest BCUT2D eigenvalue weighted by atomic mass is 10.1. The van der Waals surface area contributed by atoms with E-state index in [0.717, 1.165) is 23.3 Å². The van der Waals surface area contributed by atoms with Gasteiger partial charge in [0.25, 0.3) is 0 Å². The standard InChI is InChI=1S/C25H35N3O5S/c1-26(2)25(30)28(16-20-7-5-13-33-20)18-24(29)27(17-21-8-6-14-34-21)12-11-19-9-10-22(31-3)23(15-19)32-4/h6,8-10,14-15,20H,5,7,11-13,16-18H2,1-4H3. The van der Waals surface area contributed by atoms with E-state index >= 15 is 0 Å². The molecule has 9 heteroatoms. The van der Waals surface area contributed by atoms with Crippen molar-refractivity contribution in [2.24, 2.45) is 0 Å². The van der Waals surface area contributed by atoms with Crippen molar-refractivity contribution in [3.05, 3.63) is 46.2 Å². The summed E-state index contributed by atoms with van der Waals surface area (Å²) in [6.07, 6.45) is 2.53. The van der Waals surface area contributed by atoms with Crippen LogP contribution in [-0.4, -0.2) is 87.3 Å². The molecule has 1 aliphatic heterocycles. The largest absolute Gasteiger partial charge is 0.493 e. The van der Waals surface area contributed by atoms with E-state index in [1.54, 1.807) is 44.6 Å². The molecule has 0 saturated carbocycles. The Morgan fingerprint density at radius 1 is 1.12 bits per heavy atom. The van der Waals surface area contributed by atoms with Gasteiger partial charge in [0.2, 0.25) is 5.91 Å². The molecule has 186 valence electrons. The van der Waals surface area contributed by atoms with Crippen LogP contribution in [0.2, 0.25) is 0 Å². The van der Waals surface area contributed by atoms with Gasteiger partial charge in [-0.3, -0.25) is 4.79 Å². The van der Waals surface area contributed by atoms with Crippen molar-refractivity contribution in [2.45, 2.75) is 31.9 Å². The maximum atomic E-state index is 13.5. The highest BCUT2D eigenvalue weighted by molar-refractivity contribution is 7.09. The SMILES string of the molecule is COc1ccc(CCN(Cc2cccs2)C(=O)CN(CC2CCCO2)C(=O)N(C)C)cc1OC. The van der Waals surface area contributed by atoms with E-state index in [2.05, 4.69) is 0 Å². The molecule has 0 bridgehead atoms. The second-order valence-corrected chi connectivity index (χ2v) is 9.56. The van der Waals surface area contributed by atoms with Gasteiger partial charge in [-0.2, -0.15) is 0 Å². The summed E-state index contributed by atoms with van der Waals surface area (Å²) in [5, 5.41) is 2.01. The Hall–Kier alpha value is -2.78. The number of benzene rings is 1. The first-order valence-electron chi connectivity index (χ1n) is 11.5. The highest BCUT2D eigenvalue weighted by Gasteiger charge is 2.27. The minimum absolute atomic E-state index is 0.0193. The maximum Gasteiger partial charge on any atom is 0.320 e. The lowest BCUT2D eigenvalue weighted by Gasteiger charge is -2.30. The van der Waals surface area contributed by atoms with Crippen LogP contribution in [0.3, 0.4) is 0 Å². The van der Waals surface area contributed by atoms with Gasteiger partial charge in [0.15, 0.2) is 11.5 Å². The van der Waals surface area contributed by atoms with E-state index in [1.807, 2.05) is 40.6 Å². The molecule has 8 nitrogen and oxygen atoms in total. The molecule has 1 aromatic heterocycles. The molecule has 0 radical (unpaired) electrons. The van der Waals surface area contributed by atoms with Crippen molar-refractivity contribution >= 4 is 23.3 Å². The molecule has 3 rings (SSSR count). The van der Waals surface area contributed by atoms with Gasteiger partial charge in [-0.05, 0) is 48.4 Å². The van der Waals surface area contributed by atoms with Gasteiger partial charge in [0.05, 0.1) is 26.9 Å². The molecule has 2 aromatic rings. The number of hydrogen-bond donors (Lipinski definition) is 0. The Morgan fingerprint density at radius 3 is 2.53 bits per heavy atom. The summed E-state index contributed by atoms with van der Waals surface area (Å²) in [4.78, 5) is 32.3. The Balaban J connectivity index is 1.72. The molecule has 1 aromatic carbocycles. The number of ether oxygens (including phenoxy) is 3. The third-order valence-electron chi connectivity index (χ3n) is 5.83. The molecule has 34 heavy (non-hydrogen) atoms. The molecule has 1 unspecified atom stereocenters. The van der Waals surface area contributed by atoms with Crippen LogP contribution in [-0.2, 0) is 22.5 Å². The van der Waals surface area contributed by atoms with E-state index in [1.165, 1.54) is 4.90 Å². The summed E-state index contributed by atoms with van der Waals surface area (Å²) in [7, 11) is 6.63. The Bertz CT molecular complexity index is 929. The first-order valence-corrected chi connectivity index (χ1v) is 12.4. The predicted octanol–water partition coefficient (Wildman–Crippen LogP) is 3.50. The molecule has 0 spiro atoms. The normalized spacial score (nSPS) is 15.1. The van der Waals surface area contributed by atoms with Crippen molar-refractivity contribution < 1.29 is 23.8 Å². The second kappa shape index (κ2) is 12.6. The van der Waals surface area contributed by atoms with E-state index in [9.17, 15) is 9.59 Å². The van der Waals surface area contributed by atoms with Crippen LogP contribution >= 0.6 is 11.3 Å². The van der Waals surface area contributed by atoms with E-state index in [4.69, 9.17) is 14.2 Å². The molecule has 1 atom stereocenters. The lowest BCUT2D eigenvalue weighted by molar-refractivity contribution is -0.132. The molecule has 0 aliphatic carbocycles. The van der Waals surface area contributed by atoms with Gasteiger partial charge in [-0.15, -0.1) is 11.3 Å². The Kier molecular flexibility index (Phi) is 9.59. The average molecular weight is 490 g/mol. The number of amides is 3. The highest BCUT2D eigenvalue weighted by Crippen LogP contribution is 2.28. The van der Waals surface area contributed by atoms with Crippen molar-refractivity contribution in [1.29, 1.82) is 0 Å². The third-order valence-corrected chi connectivity index (χ3v) is 6.69. The van der Waals surface area contributed by atoms with Crippen LogP contribution in [0.4, 0.5) is 4.79 Å². The van der Waals surface area contributed by atoms with Crippen LogP contribution in [0.5, 0.6) is 11.5 Å². The van der Waals surface area contributed by atoms with Crippen molar-refractivity contribution in [3.8, 4) is 11.5 Å². The van der Waals surface area contributed by atoms with Crippen LogP contribution in [0.15, 0.2) is 35.7 Å². The van der Waals surface area contributed by atoms with Crippen molar-refractivity contribution in [2.75, 3.05) is 54.6 Å². The van der Waals surface area contributed by atoms with Crippen molar-refractivity contribution in [1.82, 2.24) is 14.7 Å². The number of urea groups is 1. The zero-order valence-corrected chi connectivity index (χ0v) is 21.3. The molecular formula is C25H35N3O5S. The van der Waals surface area contributed by atoms with Gasteiger partial charge in [-0.25, -0.2) is 4.79 Å². The lowest BCUT2D eigenvalue weighted by Crippen LogP contribution is -2.49. The van der Waals surface area contributed by atoms with Gasteiger partial charge < -0.3 is 28.9 Å². The molecule has 1 fully saturated rings. The van der Waals surface area contributed by atoms with Crippen LogP contribution in [0.1, 0.15) is 23.3 Å². The second-order valence-electron chi connectivity index (χ2n) is 8.53. The molecule has 3 amide bonds. The maximum absolute atomic E-state index is 13.5. The number of hydrogen-bond acceptors (Lipinski definition) is 6. The Morgan fingerprint density at radius 2 is 1.91 bits per heavy atom. The van der Waals surface area contributed by atoms with Gasteiger partial charge >= 0.3 is 6.03 Å². The first-order chi connectivity index (χ1) is 16.4. The molecule has 1 aliphatic rings. The number of carbonyl (C=O) groups is 2. The zero-order chi connectivity index (χ0) is 24.5. The summed E-state index contributed by atoms with van der Waals surface area (Å²) in [5.74, 6) is 1.25. The monoisotopic (exact) mass is 489 g/mol. The zero-order valence-electron chi connectivity index (χ0n) is 20.5. The Labute approximate surface area is 206 Å². The van der Waals surface area contributed by atoms with Crippen LogP contribution in [0, 0.1) is 0 Å². The number of nitrogens with zero attached hydrogens (tertiary/aromatic N) is 3. The van der Waals surface area contributed by atoms with Gasteiger partial charge in [-0.1, -0.05) is 12.1 Å². The molecule has 2 heterocycles. The first kappa shape index (κ1) is 25.8. The van der Waals surface area contributed by atoms with Gasteiger partial charge in [0.1, 0.15) is 6.54 Å². The fraction of sp³-hybridized carbons (Fsp3) is 0.520. The summed E-state index contributed by atoms with van der Waals surface area (Å²) in [6, 6.07) is 9.62. The van der Waals surface area contributed by atoms with Crippen LogP contribution < -0.4 is 9.47 Å². The topological polar surface area (TPSA) is 71.6 Å². The summed E-state index contributed by atoms with van der Waals surface area (Å²) >= 11 is 1.62. The van der Waals surface area contributed by atoms with E-state index < -0.39 is 0 Å². The third kappa shape index (κ3) is 7.11. The quantitative estimate of drug-likeness (QED) is 0.483. The minimum Gasteiger partial charge on any atom is -0.493 e. The molecule has 0 N–H and O–H groups in total. The van der Waals surface area contributed by atoms with Crippen LogP contribution in [0.25, 0.3) is 0 Å². The average Bonchev–Trinajstić information content (AvgIpc) is 3.54. The summed E-state index contributed by atoms with van der Waals surface area (Å²) < 4.78 is 16.5. The van der Waals surface area contributed by atoms with E-state index in [0.29, 0.717) is 44.2 Å². The highest BCUT2D eigenvalue weighted by atomic mass is 32.1. The summed E-state index contributed by atoms with van der Waals surface area (Å²) in [5.41, 5.74) is 1.04. The van der Waals surface area contributed by atoms with Gasteiger partial charge in [0, 0.05) is 38.7 Å². The fourth-order valence-corrected chi connectivity index (χ4v) is 4.69. The minimum atomic E-state index is -0.181. The smallest absolute Gasteiger partial charge is 0.320 e. The summed E-state index contributed by atoms with van der Waals surface area (Å²) in [6.45, 7) is 2.18. The molecule has 1 saturated heterocycles. The molecular weight excluding hydrogens is 454 g/mol. The van der Waals surface area contributed by atoms with Crippen molar-refractivity contribution in [3.63, 3.8) is 0 Å². The number of carbonyl (C=O) groups excluding carboxylic acids is 2. The fourth-order valence-electron chi connectivity index (χ4n) is 3.97. The number of thiophene rings is 1. The number of rotatable bonds is 11. The van der Waals surface area contributed by atoms with E-state index in [-0.39, 0.29) is 24.6 Å². The number of methoxy groups -OCH3 is 2.